The van der Waals surface area contributed by atoms with Crippen LogP contribution in [0.2, 0.25) is 0 Å². The summed E-state index contributed by atoms with van der Waals surface area (Å²) in [6.07, 6.45) is 8.38. The van der Waals surface area contributed by atoms with Crippen molar-refractivity contribution in [2.24, 2.45) is 4.99 Å². The number of furan rings is 2. The Balaban J connectivity index is 0.000000148. The summed E-state index contributed by atoms with van der Waals surface area (Å²) in [6.45, 7) is 0. The van der Waals surface area contributed by atoms with Gasteiger partial charge in [0.2, 0.25) is 0 Å². The molecule has 9 nitrogen and oxygen atoms in total. The number of rotatable bonds is 4. The Morgan fingerprint density at radius 1 is 0.780 bits per heavy atom. The Bertz CT molecular complexity index is 1570. The zero-order chi connectivity index (χ0) is 28.5. The molecule has 0 bridgehead atoms. The number of benzene rings is 2. The molecule has 2 fully saturated rings. The van der Waals surface area contributed by atoms with Gasteiger partial charge in [0.15, 0.2) is 17.1 Å². The van der Waals surface area contributed by atoms with Crippen molar-refractivity contribution in [3.8, 4) is 0 Å². The van der Waals surface area contributed by atoms with E-state index in [1.165, 1.54) is 6.42 Å². The quantitative estimate of drug-likeness (QED) is 0.279. The molecule has 0 radical (unpaired) electrons. The number of esters is 1. The molecule has 0 unspecified atom stereocenters. The fourth-order valence-electron chi connectivity index (χ4n) is 6.01. The number of carboxylic acid groups (broad SMARTS) is 1. The van der Waals surface area contributed by atoms with Gasteiger partial charge in [-0.25, -0.2) is 14.6 Å². The van der Waals surface area contributed by atoms with Crippen molar-refractivity contribution in [2.75, 3.05) is 0 Å². The Morgan fingerprint density at radius 3 is 1.98 bits per heavy atom. The highest BCUT2D eigenvalue weighted by Crippen LogP contribution is 2.38. The van der Waals surface area contributed by atoms with E-state index in [4.69, 9.17) is 13.6 Å². The van der Waals surface area contributed by atoms with Crippen LogP contribution in [0, 0.1) is 0 Å². The van der Waals surface area contributed by atoms with Crippen LogP contribution in [0.4, 0.5) is 0 Å². The number of carbonyl (C=O) groups is 3. The van der Waals surface area contributed by atoms with Gasteiger partial charge >= 0.3 is 11.9 Å². The Morgan fingerprint density at radius 2 is 1.37 bits per heavy atom. The van der Waals surface area contributed by atoms with Crippen LogP contribution in [-0.2, 0) is 14.3 Å². The maximum atomic E-state index is 12.3. The average Bonchev–Trinajstić information content (AvgIpc) is 3.70. The molecule has 2 aromatic carbocycles. The van der Waals surface area contributed by atoms with E-state index in [0.717, 1.165) is 61.3 Å². The summed E-state index contributed by atoms with van der Waals surface area (Å²) in [5, 5.41) is 14.0. The largest absolute Gasteiger partial charge is 0.480 e. The van der Waals surface area contributed by atoms with Crippen molar-refractivity contribution < 1.29 is 33.1 Å². The minimum absolute atomic E-state index is 0.155. The van der Waals surface area contributed by atoms with Crippen LogP contribution in [0.1, 0.15) is 80.5 Å². The normalized spacial score (nSPS) is 19.3. The molecule has 4 aromatic rings. The lowest BCUT2D eigenvalue weighted by Crippen LogP contribution is -2.55. The van der Waals surface area contributed by atoms with Gasteiger partial charge in [-0.2, -0.15) is 0 Å². The van der Waals surface area contributed by atoms with E-state index >= 15 is 0 Å². The smallest absolute Gasteiger partial charge is 0.341 e. The van der Waals surface area contributed by atoms with E-state index < -0.39 is 23.0 Å². The van der Waals surface area contributed by atoms with Gasteiger partial charge in [0.25, 0.3) is 11.8 Å². The number of hydrogen-bond donors (Lipinski definition) is 2. The summed E-state index contributed by atoms with van der Waals surface area (Å²) >= 11 is 0. The summed E-state index contributed by atoms with van der Waals surface area (Å²) in [6, 6.07) is 18.6. The molecule has 2 aromatic heterocycles. The van der Waals surface area contributed by atoms with Crippen LogP contribution < -0.4 is 5.32 Å². The molecule has 7 rings (SSSR count). The van der Waals surface area contributed by atoms with E-state index in [1.54, 1.807) is 12.1 Å². The van der Waals surface area contributed by atoms with Gasteiger partial charge in [-0.15, -0.1) is 0 Å². The lowest BCUT2D eigenvalue weighted by molar-refractivity contribution is -0.146. The number of para-hydroxylation sites is 2. The van der Waals surface area contributed by atoms with Crippen molar-refractivity contribution in [3.63, 3.8) is 0 Å². The second kappa shape index (κ2) is 10.9. The number of cyclic esters (lactones) is 1. The molecular formula is C32H32N2O7. The van der Waals surface area contributed by atoms with Crippen molar-refractivity contribution in [2.45, 2.75) is 75.3 Å². The van der Waals surface area contributed by atoms with Gasteiger partial charge < -0.3 is 24.0 Å². The van der Waals surface area contributed by atoms with Crippen molar-refractivity contribution in [3.05, 3.63) is 72.2 Å². The summed E-state index contributed by atoms with van der Waals surface area (Å²) < 4.78 is 16.6. The van der Waals surface area contributed by atoms with Crippen molar-refractivity contribution in [1.82, 2.24) is 5.32 Å². The number of carboxylic acids is 1. The van der Waals surface area contributed by atoms with Crippen LogP contribution in [0.25, 0.3) is 21.9 Å². The molecule has 9 heteroatoms. The lowest BCUT2D eigenvalue weighted by atomic mass is 9.81. The molecule has 3 aliphatic rings. The first-order valence-corrected chi connectivity index (χ1v) is 14.2. The third kappa shape index (κ3) is 5.24. The fourth-order valence-corrected chi connectivity index (χ4v) is 6.01. The first kappa shape index (κ1) is 26.8. The van der Waals surface area contributed by atoms with Crippen molar-refractivity contribution in [1.29, 1.82) is 0 Å². The molecule has 1 spiro atoms. The molecule has 2 saturated carbocycles. The summed E-state index contributed by atoms with van der Waals surface area (Å²) in [7, 11) is 0. The van der Waals surface area contributed by atoms with Gasteiger partial charge in [0, 0.05) is 10.8 Å². The summed E-state index contributed by atoms with van der Waals surface area (Å²) in [4.78, 5) is 40.6. The van der Waals surface area contributed by atoms with Crippen molar-refractivity contribution >= 4 is 45.7 Å². The highest BCUT2D eigenvalue weighted by atomic mass is 16.6. The highest BCUT2D eigenvalue weighted by molar-refractivity contribution is 6.08. The van der Waals surface area contributed by atoms with Gasteiger partial charge in [-0.3, -0.25) is 4.79 Å². The molecule has 0 atom stereocenters. The van der Waals surface area contributed by atoms with Crippen LogP contribution >= 0.6 is 0 Å². The molecule has 212 valence electrons. The predicted octanol–water partition coefficient (Wildman–Crippen LogP) is 6.39. The number of fused-ring (bicyclic) bond motifs is 2. The second-order valence-electron chi connectivity index (χ2n) is 11.1. The fraction of sp³-hybridized carbons (Fsp3) is 0.375. The minimum atomic E-state index is -1.16. The van der Waals surface area contributed by atoms with Gasteiger partial charge in [-0.1, -0.05) is 74.9 Å². The maximum Gasteiger partial charge on any atom is 0.341 e. The number of ether oxygens (including phenoxy) is 1. The van der Waals surface area contributed by atoms with Gasteiger partial charge in [-0.05, 0) is 49.9 Å². The first-order chi connectivity index (χ1) is 19.9. The molecule has 0 saturated heterocycles. The Hall–Kier alpha value is -4.40. The van der Waals surface area contributed by atoms with Gasteiger partial charge in [0.1, 0.15) is 16.7 Å². The Kier molecular flexibility index (Phi) is 7.11. The average molecular weight is 557 g/mol. The first-order valence-electron chi connectivity index (χ1n) is 14.2. The number of nitrogens with zero attached hydrogens (tertiary/aromatic N) is 1. The molecule has 41 heavy (non-hydrogen) atoms. The number of aliphatic imine (C=N–C) groups is 1. The zero-order valence-corrected chi connectivity index (χ0v) is 22.7. The molecule has 1 aliphatic heterocycles. The van der Waals surface area contributed by atoms with E-state index in [9.17, 15) is 19.5 Å². The lowest BCUT2D eigenvalue weighted by Gasteiger charge is -2.33. The van der Waals surface area contributed by atoms with E-state index in [1.807, 2.05) is 48.5 Å². The predicted molar refractivity (Wildman–Crippen MR) is 152 cm³/mol. The van der Waals surface area contributed by atoms with Crippen LogP contribution in [0.5, 0.6) is 0 Å². The SMILES string of the molecule is O=C(NC1(C(=O)O)CCCCC1)c1cc2ccccc2o1.O=C1OC(c2cc3ccccc3o2)=NC12CCCCC2. The third-order valence-corrected chi connectivity index (χ3v) is 8.32. The number of carbonyl (C=O) groups excluding carboxylic acids is 2. The molecular weight excluding hydrogens is 524 g/mol. The van der Waals surface area contributed by atoms with E-state index in [-0.39, 0.29) is 11.7 Å². The maximum absolute atomic E-state index is 12.3. The standard InChI is InChI=1S/C16H17NO4.C16H15NO3/c18-14(13-10-11-6-2-3-7-12(11)21-13)17-16(15(19)20)8-4-1-5-9-16;18-15-16(8-4-1-5-9-16)17-14(20-15)13-10-11-6-2-3-7-12(11)19-13/h2-3,6-7,10H,1,4-5,8-9H2,(H,17,18)(H,19,20);2-3,6-7,10H,1,4-5,8-9H2. The van der Waals surface area contributed by atoms with Crippen LogP contribution in [0.3, 0.4) is 0 Å². The number of amides is 1. The Labute approximate surface area is 236 Å². The highest BCUT2D eigenvalue weighted by Gasteiger charge is 2.47. The topological polar surface area (TPSA) is 131 Å². The van der Waals surface area contributed by atoms with E-state index in [0.29, 0.717) is 30.1 Å². The molecule has 1 amide bonds. The summed E-state index contributed by atoms with van der Waals surface area (Å²) in [5.41, 5.74) is -0.401. The molecule has 3 heterocycles. The number of hydrogen-bond acceptors (Lipinski definition) is 7. The van der Waals surface area contributed by atoms with Crippen LogP contribution in [-0.4, -0.2) is 39.9 Å². The summed E-state index contributed by atoms with van der Waals surface area (Å²) in [5.74, 6) is -0.604. The number of aliphatic carboxylic acids is 1. The monoisotopic (exact) mass is 556 g/mol. The molecule has 2 aliphatic carbocycles. The molecule has 2 N–H and O–H groups in total. The van der Waals surface area contributed by atoms with E-state index in [2.05, 4.69) is 10.3 Å². The van der Waals surface area contributed by atoms with Crippen LogP contribution in [0.15, 0.2) is 74.5 Å². The third-order valence-electron chi connectivity index (χ3n) is 8.32. The zero-order valence-electron chi connectivity index (χ0n) is 22.7. The second-order valence-corrected chi connectivity index (χ2v) is 11.1. The minimum Gasteiger partial charge on any atom is -0.480 e. The van der Waals surface area contributed by atoms with Gasteiger partial charge in [0.05, 0.1) is 0 Å². The number of nitrogens with one attached hydrogen (secondary N) is 1.